The van der Waals surface area contributed by atoms with E-state index >= 15 is 0 Å². The Bertz CT molecular complexity index is 2880. The molecule has 2 aromatic heterocycles. The lowest BCUT2D eigenvalue weighted by molar-refractivity contribution is 0.483. The molecule has 59 heavy (non-hydrogen) atoms. The van der Waals surface area contributed by atoms with Crippen molar-refractivity contribution < 1.29 is 4.74 Å². The number of hydrogen-bond donors (Lipinski definition) is 0. The highest BCUT2D eigenvalue weighted by Gasteiger charge is 2.37. The van der Waals surface area contributed by atoms with Crippen molar-refractivity contribution in [2.45, 2.75) is 38.6 Å². The summed E-state index contributed by atoms with van der Waals surface area (Å²) in [6.07, 6.45) is 7.51. The molecule has 0 amide bonds. The number of para-hydroxylation sites is 3. The van der Waals surface area contributed by atoms with E-state index in [0.29, 0.717) is 6.67 Å². The molecule has 288 valence electrons. The number of ether oxygens (including phenoxy) is 1. The number of hydrogen-bond acceptors (Lipinski definition) is 5. The molecule has 0 bridgehead atoms. The summed E-state index contributed by atoms with van der Waals surface area (Å²) in [5.41, 5.74) is 15.5. The second kappa shape index (κ2) is 13.5. The number of fused-ring (bicyclic) bond motifs is 1. The van der Waals surface area contributed by atoms with Crippen molar-refractivity contribution in [2.24, 2.45) is 0 Å². The van der Waals surface area contributed by atoms with Crippen molar-refractivity contribution in [2.75, 3.05) is 28.4 Å². The second-order valence-electron chi connectivity index (χ2n) is 16.9. The van der Waals surface area contributed by atoms with Crippen LogP contribution in [-0.4, -0.2) is 23.3 Å². The van der Waals surface area contributed by atoms with Gasteiger partial charge in [0.25, 0.3) is 0 Å². The van der Waals surface area contributed by atoms with E-state index in [2.05, 4.69) is 211 Å². The van der Waals surface area contributed by atoms with Crippen LogP contribution in [0.2, 0.25) is 0 Å². The average Bonchev–Trinajstić information content (AvgIpc) is 3.92. The van der Waals surface area contributed by atoms with Gasteiger partial charge in [0.15, 0.2) is 0 Å². The van der Waals surface area contributed by atoms with Crippen molar-refractivity contribution in [1.29, 1.82) is 0 Å². The third-order valence-electron chi connectivity index (χ3n) is 12.3. The summed E-state index contributed by atoms with van der Waals surface area (Å²) >= 11 is 0. The van der Waals surface area contributed by atoms with Gasteiger partial charge in [0.2, 0.25) is 0 Å². The largest absolute Gasteiger partial charge is 0.457 e. The number of aromatic nitrogens is 2. The molecule has 6 nitrogen and oxygen atoms in total. The summed E-state index contributed by atoms with van der Waals surface area (Å²) in [6, 6.07) is 54.5. The molecule has 0 spiro atoms. The predicted molar refractivity (Wildman–Crippen MR) is 244 cm³/mol. The molecule has 1 unspecified atom stereocenters. The van der Waals surface area contributed by atoms with Crippen LogP contribution in [0, 0.1) is 0 Å². The SMILES string of the molecule is CN1c2cc(Oc3cccc(N4CN(c5c(-c6ccccc6)cccc5-c5ccccc5)c5ccccc54)c3)cc3c2c2c(n3-c3cc(C(C)(C)C)ccn3)C=CCC21. The Kier molecular flexibility index (Phi) is 8.05. The summed E-state index contributed by atoms with van der Waals surface area (Å²) in [6.45, 7) is 7.41. The van der Waals surface area contributed by atoms with Crippen molar-refractivity contribution in [3.05, 3.63) is 181 Å². The second-order valence-corrected chi connectivity index (χ2v) is 16.9. The van der Waals surface area contributed by atoms with Gasteiger partial charge in [-0.2, -0.15) is 0 Å². The van der Waals surface area contributed by atoms with Gasteiger partial charge in [-0.05, 0) is 71.0 Å². The van der Waals surface area contributed by atoms with Crippen LogP contribution in [-0.2, 0) is 5.41 Å². The van der Waals surface area contributed by atoms with E-state index in [9.17, 15) is 0 Å². The maximum atomic E-state index is 6.90. The number of rotatable bonds is 7. The first-order valence-electron chi connectivity index (χ1n) is 20.6. The van der Waals surface area contributed by atoms with Crippen LogP contribution in [0.25, 0.3) is 45.1 Å². The fourth-order valence-electron chi connectivity index (χ4n) is 9.47. The molecular formula is C53H45N5O. The van der Waals surface area contributed by atoms with Crippen LogP contribution in [0.4, 0.5) is 28.4 Å². The fourth-order valence-corrected chi connectivity index (χ4v) is 9.47. The van der Waals surface area contributed by atoms with Crippen LogP contribution >= 0.6 is 0 Å². The highest BCUT2D eigenvalue weighted by molar-refractivity contribution is 6.05. The molecule has 2 aliphatic heterocycles. The Morgan fingerprint density at radius 3 is 2.03 bits per heavy atom. The number of nitrogens with zero attached hydrogens (tertiary/aromatic N) is 5. The Morgan fingerprint density at radius 2 is 1.32 bits per heavy atom. The zero-order valence-corrected chi connectivity index (χ0v) is 33.8. The normalized spacial score (nSPS) is 15.3. The van der Waals surface area contributed by atoms with Crippen LogP contribution in [0.3, 0.4) is 0 Å². The molecular weight excluding hydrogens is 723 g/mol. The Labute approximate surface area is 345 Å². The summed E-state index contributed by atoms with van der Waals surface area (Å²) < 4.78 is 9.24. The van der Waals surface area contributed by atoms with Crippen LogP contribution in [0.1, 0.15) is 50.1 Å². The lowest BCUT2D eigenvalue weighted by Gasteiger charge is -2.28. The molecule has 1 atom stereocenters. The van der Waals surface area contributed by atoms with Gasteiger partial charge in [0.05, 0.1) is 40.0 Å². The molecule has 11 rings (SSSR count). The van der Waals surface area contributed by atoms with E-state index in [1.807, 2.05) is 6.20 Å². The number of anilines is 5. The molecule has 0 radical (unpaired) electrons. The molecule has 8 aromatic rings. The lowest BCUT2D eigenvalue weighted by Crippen LogP contribution is -2.25. The minimum atomic E-state index is 0.00314. The lowest BCUT2D eigenvalue weighted by atomic mass is 9.88. The zero-order chi connectivity index (χ0) is 39.8. The predicted octanol–water partition coefficient (Wildman–Crippen LogP) is 13.6. The standard InChI is InChI=1S/C53H45N5O/c1-53(2,3)37-28-29-54-49(30-37)58-46-27-15-26-45-50(46)51-47(55(45)4)32-40(33-48(51)58)59-39-21-13-20-38(31-39)56-34-57(44-25-12-11-24-43(44)56)52-41(35-16-7-5-8-17-35)22-14-23-42(52)36-18-9-6-10-19-36/h5-25,27-33,45H,26,34H2,1-4H3. The average molecular weight is 768 g/mol. The Balaban J connectivity index is 0.991. The van der Waals surface area contributed by atoms with Gasteiger partial charge < -0.3 is 19.4 Å². The van der Waals surface area contributed by atoms with E-state index < -0.39 is 0 Å². The van der Waals surface area contributed by atoms with Gasteiger partial charge >= 0.3 is 0 Å². The first-order chi connectivity index (χ1) is 28.8. The minimum Gasteiger partial charge on any atom is -0.457 e. The first-order valence-corrected chi connectivity index (χ1v) is 20.6. The van der Waals surface area contributed by atoms with Gasteiger partial charge in [-0.3, -0.25) is 4.57 Å². The smallest absolute Gasteiger partial charge is 0.137 e. The summed E-state index contributed by atoms with van der Waals surface area (Å²) in [7, 11) is 2.21. The van der Waals surface area contributed by atoms with Gasteiger partial charge in [0, 0.05) is 59.2 Å². The van der Waals surface area contributed by atoms with Crippen molar-refractivity contribution in [3.8, 4) is 39.6 Å². The van der Waals surface area contributed by atoms with Gasteiger partial charge in [-0.15, -0.1) is 0 Å². The maximum absolute atomic E-state index is 6.90. The number of benzene rings is 6. The molecule has 0 fully saturated rings. The van der Waals surface area contributed by atoms with E-state index in [0.717, 1.165) is 46.3 Å². The molecule has 3 aliphatic rings. The minimum absolute atomic E-state index is 0.00314. The molecule has 0 saturated carbocycles. The molecule has 6 heteroatoms. The summed E-state index contributed by atoms with van der Waals surface area (Å²) in [5.74, 6) is 2.53. The highest BCUT2D eigenvalue weighted by atomic mass is 16.5. The van der Waals surface area contributed by atoms with Crippen molar-refractivity contribution in [1.82, 2.24) is 9.55 Å². The monoisotopic (exact) mass is 767 g/mol. The highest BCUT2D eigenvalue weighted by Crippen LogP contribution is 2.54. The number of pyridine rings is 1. The molecule has 1 aliphatic carbocycles. The molecule has 4 heterocycles. The first kappa shape index (κ1) is 35.1. The summed E-state index contributed by atoms with van der Waals surface area (Å²) in [4.78, 5) is 12.2. The third-order valence-corrected chi connectivity index (χ3v) is 12.3. The summed E-state index contributed by atoms with van der Waals surface area (Å²) in [5, 5.41) is 1.29. The van der Waals surface area contributed by atoms with Crippen LogP contribution in [0.15, 0.2) is 164 Å². The van der Waals surface area contributed by atoms with Crippen molar-refractivity contribution in [3.63, 3.8) is 0 Å². The molecule has 0 saturated heterocycles. The van der Waals surface area contributed by atoms with E-state index in [4.69, 9.17) is 9.72 Å². The Hall–Kier alpha value is -7.05. The van der Waals surface area contributed by atoms with Gasteiger partial charge in [-0.25, -0.2) is 4.98 Å². The maximum Gasteiger partial charge on any atom is 0.137 e. The van der Waals surface area contributed by atoms with Crippen molar-refractivity contribution >= 4 is 45.4 Å². The van der Waals surface area contributed by atoms with E-state index in [1.165, 1.54) is 55.8 Å². The van der Waals surface area contributed by atoms with Gasteiger partial charge in [-0.1, -0.05) is 124 Å². The quantitative estimate of drug-likeness (QED) is 0.161. The third kappa shape index (κ3) is 5.73. The molecule has 6 aromatic carbocycles. The fraction of sp³-hybridized carbons (Fsp3) is 0.151. The zero-order valence-electron chi connectivity index (χ0n) is 33.8. The Morgan fingerprint density at radius 1 is 0.644 bits per heavy atom. The van der Waals surface area contributed by atoms with Crippen LogP contribution < -0.4 is 19.4 Å². The van der Waals surface area contributed by atoms with Gasteiger partial charge in [0.1, 0.15) is 24.0 Å². The topological polar surface area (TPSA) is 36.8 Å². The van der Waals surface area contributed by atoms with E-state index in [1.54, 1.807) is 0 Å². The molecule has 0 N–H and O–H groups in total. The van der Waals surface area contributed by atoms with Crippen LogP contribution in [0.5, 0.6) is 11.5 Å². The van der Waals surface area contributed by atoms with E-state index in [-0.39, 0.29) is 11.5 Å².